The molecule has 7 heteroatoms. The molecule has 0 amide bonds. The monoisotopic (exact) mass is 376 g/mol. The van der Waals surface area contributed by atoms with Crippen LogP contribution in [0.3, 0.4) is 0 Å². The van der Waals surface area contributed by atoms with E-state index < -0.39 is 0 Å². The SMILES string of the molecule is CCOC(=O)CCn1c(CCCl)nc2cc(F)c(Br)cc21. The summed E-state index contributed by atoms with van der Waals surface area (Å²) in [5, 5.41) is 0. The Morgan fingerprint density at radius 3 is 2.95 bits per heavy atom. The van der Waals surface area contributed by atoms with Gasteiger partial charge in [0.1, 0.15) is 11.6 Å². The molecule has 0 fully saturated rings. The van der Waals surface area contributed by atoms with Gasteiger partial charge in [0.15, 0.2) is 0 Å². The number of hydrogen-bond acceptors (Lipinski definition) is 3. The van der Waals surface area contributed by atoms with Gasteiger partial charge in [-0.25, -0.2) is 9.37 Å². The van der Waals surface area contributed by atoms with E-state index in [1.807, 2.05) is 4.57 Å². The minimum atomic E-state index is -0.366. The Morgan fingerprint density at radius 2 is 2.29 bits per heavy atom. The lowest BCUT2D eigenvalue weighted by molar-refractivity contribution is -0.143. The fourth-order valence-corrected chi connectivity index (χ4v) is 2.63. The molecule has 0 spiro atoms. The van der Waals surface area contributed by atoms with Crippen LogP contribution in [0.5, 0.6) is 0 Å². The Labute approximate surface area is 135 Å². The van der Waals surface area contributed by atoms with Crippen molar-refractivity contribution in [3.05, 3.63) is 28.2 Å². The van der Waals surface area contributed by atoms with Gasteiger partial charge in [0, 0.05) is 24.9 Å². The van der Waals surface area contributed by atoms with E-state index in [4.69, 9.17) is 16.3 Å². The molecular weight excluding hydrogens is 363 g/mol. The molecule has 0 N–H and O–H groups in total. The van der Waals surface area contributed by atoms with Crippen molar-refractivity contribution in [3.63, 3.8) is 0 Å². The highest BCUT2D eigenvalue weighted by Crippen LogP contribution is 2.25. The molecule has 2 rings (SSSR count). The number of ether oxygens (including phenoxy) is 1. The predicted molar refractivity (Wildman–Crippen MR) is 83.1 cm³/mol. The first-order valence-electron chi connectivity index (χ1n) is 6.62. The molecule has 0 aliphatic rings. The van der Waals surface area contributed by atoms with Gasteiger partial charge in [-0.1, -0.05) is 0 Å². The number of carbonyl (C=O) groups excluding carboxylic acids is 1. The molecular formula is C14H15BrClFN2O2. The number of esters is 1. The number of imidazole rings is 1. The van der Waals surface area contributed by atoms with E-state index in [-0.39, 0.29) is 18.2 Å². The largest absolute Gasteiger partial charge is 0.466 e. The highest BCUT2D eigenvalue weighted by Gasteiger charge is 2.14. The predicted octanol–water partition coefficient (Wildman–Crippen LogP) is 3.67. The van der Waals surface area contributed by atoms with E-state index >= 15 is 0 Å². The van der Waals surface area contributed by atoms with Crippen molar-refractivity contribution in [2.24, 2.45) is 0 Å². The molecule has 114 valence electrons. The lowest BCUT2D eigenvalue weighted by Crippen LogP contribution is -2.11. The van der Waals surface area contributed by atoms with Gasteiger partial charge >= 0.3 is 5.97 Å². The number of aromatic nitrogens is 2. The van der Waals surface area contributed by atoms with Gasteiger partial charge in [0.2, 0.25) is 0 Å². The van der Waals surface area contributed by atoms with Crippen LogP contribution in [0, 0.1) is 5.82 Å². The average molecular weight is 378 g/mol. The van der Waals surface area contributed by atoms with Gasteiger partial charge in [0.05, 0.1) is 28.5 Å². The summed E-state index contributed by atoms with van der Waals surface area (Å²) < 4.78 is 20.8. The number of hydrogen-bond donors (Lipinski definition) is 0. The smallest absolute Gasteiger partial charge is 0.307 e. The normalized spacial score (nSPS) is 11.0. The fourth-order valence-electron chi connectivity index (χ4n) is 2.13. The number of halogens is 3. The summed E-state index contributed by atoms with van der Waals surface area (Å²) in [6, 6.07) is 3.04. The second-order valence-electron chi connectivity index (χ2n) is 4.43. The van der Waals surface area contributed by atoms with E-state index in [2.05, 4.69) is 20.9 Å². The maximum Gasteiger partial charge on any atom is 0.307 e. The Hall–Kier alpha value is -1.14. The van der Waals surface area contributed by atoms with Crippen LogP contribution in [-0.2, 0) is 22.5 Å². The number of benzene rings is 1. The van der Waals surface area contributed by atoms with Crippen LogP contribution in [-0.4, -0.2) is 28.0 Å². The van der Waals surface area contributed by atoms with E-state index in [0.29, 0.717) is 35.4 Å². The number of alkyl halides is 1. The van der Waals surface area contributed by atoms with Crippen molar-refractivity contribution in [2.45, 2.75) is 26.3 Å². The van der Waals surface area contributed by atoms with E-state index in [0.717, 1.165) is 11.3 Å². The first kappa shape index (κ1) is 16.2. The first-order chi connectivity index (χ1) is 10.1. The Balaban J connectivity index is 2.36. The molecule has 0 unspecified atom stereocenters. The van der Waals surface area contributed by atoms with Crippen LogP contribution in [0.2, 0.25) is 0 Å². The van der Waals surface area contributed by atoms with E-state index in [9.17, 15) is 9.18 Å². The lowest BCUT2D eigenvalue weighted by atomic mass is 10.3. The standard InChI is InChI=1S/C14H15BrClFN2O2/c1-2-21-14(20)4-6-19-12-7-9(15)10(17)8-11(12)18-13(19)3-5-16/h7-8H,2-6H2,1H3. The van der Waals surface area contributed by atoms with Gasteiger partial charge in [-0.3, -0.25) is 4.79 Å². The zero-order valence-corrected chi connectivity index (χ0v) is 13.9. The maximum atomic E-state index is 13.6. The molecule has 0 radical (unpaired) electrons. The van der Waals surface area contributed by atoms with Crippen molar-refractivity contribution in [1.29, 1.82) is 0 Å². The summed E-state index contributed by atoms with van der Waals surface area (Å²) in [6.45, 7) is 2.55. The van der Waals surface area contributed by atoms with Gasteiger partial charge < -0.3 is 9.30 Å². The van der Waals surface area contributed by atoms with Gasteiger partial charge in [0.25, 0.3) is 0 Å². The third-order valence-electron chi connectivity index (χ3n) is 3.03. The van der Waals surface area contributed by atoms with Crippen LogP contribution in [0.4, 0.5) is 4.39 Å². The van der Waals surface area contributed by atoms with Crippen molar-refractivity contribution >= 4 is 44.5 Å². The summed E-state index contributed by atoms with van der Waals surface area (Å²) in [4.78, 5) is 15.9. The quantitative estimate of drug-likeness (QED) is 0.570. The van der Waals surface area contributed by atoms with Gasteiger partial charge in [-0.15, -0.1) is 11.6 Å². The van der Waals surface area contributed by atoms with Crippen molar-refractivity contribution in [2.75, 3.05) is 12.5 Å². The molecule has 4 nitrogen and oxygen atoms in total. The zero-order valence-electron chi connectivity index (χ0n) is 11.5. The van der Waals surface area contributed by atoms with Gasteiger partial charge in [-0.2, -0.15) is 0 Å². The maximum absolute atomic E-state index is 13.6. The molecule has 0 bridgehead atoms. The first-order valence-corrected chi connectivity index (χ1v) is 7.95. The minimum Gasteiger partial charge on any atom is -0.466 e. The fraction of sp³-hybridized carbons (Fsp3) is 0.429. The topological polar surface area (TPSA) is 44.1 Å². The number of nitrogens with zero attached hydrogens (tertiary/aromatic N) is 2. The molecule has 0 saturated heterocycles. The van der Waals surface area contributed by atoms with Crippen molar-refractivity contribution in [3.8, 4) is 0 Å². The molecule has 0 saturated carbocycles. The van der Waals surface area contributed by atoms with Crippen molar-refractivity contribution in [1.82, 2.24) is 9.55 Å². The lowest BCUT2D eigenvalue weighted by Gasteiger charge is -2.08. The van der Waals surface area contributed by atoms with Gasteiger partial charge in [-0.05, 0) is 28.9 Å². The molecule has 1 aromatic heterocycles. The number of aryl methyl sites for hydroxylation is 2. The second-order valence-corrected chi connectivity index (χ2v) is 5.66. The molecule has 1 heterocycles. The zero-order chi connectivity index (χ0) is 15.4. The summed E-state index contributed by atoms with van der Waals surface area (Å²) in [6.07, 6.45) is 0.794. The van der Waals surface area contributed by atoms with Crippen LogP contribution >= 0.6 is 27.5 Å². The highest BCUT2D eigenvalue weighted by molar-refractivity contribution is 9.10. The molecule has 0 aliphatic heterocycles. The van der Waals surface area contributed by atoms with Crippen LogP contribution in [0.25, 0.3) is 11.0 Å². The second kappa shape index (κ2) is 7.22. The molecule has 2 aromatic rings. The van der Waals surface area contributed by atoms with Crippen LogP contribution < -0.4 is 0 Å². The minimum absolute atomic E-state index is 0.240. The number of carbonyl (C=O) groups is 1. The van der Waals surface area contributed by atoms with E-state index in [1.54, 1.807) is 13.0 Å². The van der Waals surface area contributed by atoms with E-state index in [1.165, 1.54) is 6.07 Å². The molecule has 21 heavy (non-hydrogen) atoms. The number of fused-ring (bicyclic) bond motifs is 1. The Kier molecular flexibility index (Phi) is 5.58. The summed E-state index contributed by atoms with van der Waals surface area (Å²) in [7, 11) is 0. The Bertz CT molecular complexity index is 660. The third kappa shape index (κ3) is 3.74. The third-order valence-corrected chi connectivity index (χ3v) is 3.83. The van der Waals surface area contributed by atoms with Crippen molar-refractivity contribution < 1.29 is 13.9 Å². The molecule has 1 aromatic carbocycles. The summed E-state index contributed by atoms with van der Waals surface area (Å²) in [5.74, 6) is 0.515. The molecule has 0 aliphatic carbocycles. The van der Waals surface area contributed by atoms with Crippen LogP contribution in [0.15, 0.2) is 16.6 Å². The molecule has 0 atom stereocenters. The Morgan fingerprint density at radius 1 is 1.52 bits per heavy atom. The van der Waals surface area contributed by atoms with Crippen LogP contribution in [0.1, 0.15) is 19.2 Å². The summed E-state index contributed by atoms with van der Waals surface area (Å²) in [5.41, 5.74) is 1.33. The number of rotatable bonds is 6. The highest BCUT2D eigenvalue weighted by atomic mass is 79.9. The average Bonchev–Trinajstić information content (AvgIpc) is 2.75. The summed E-state index contributed by atoms with van der Waals surface area (Å²) >= 11 is 8.95.